The quantitative estimate of drug-likeness (QED) is 0.217. The Labute approximate surface area is 237 Å². The molecule has 8 rings (SSSR count). The summed E-state index contributed by atoms with van der Waals surface area (Å²) in [5.74, 6) is 0. The van der Waals surface area contributed by atoms with Gasteiger partial charge < -0.3 is 4.57 Å². The van der Waals surface area contributed by atoms with E-state index in [0.717, 1.165) is 38.6 Å². The Hall–Kier alpha value is -5.72. The normalized spacial score (nSPS) is 11.4. The molecule has 0 aliphatic rings. The van der Waals surface area contributed by atoms with E-state index in [1.165, 1.54) is 32.7 Å². The maximum atomic E-state index is 9.72. The summed E-state index contributed by atoms with van der Waals surface area (Å²) < 4.78 is 2.29. The first-order valence-electron chi connectivity index (χ1n) is 13.7. The first-order chi connectivity index (χ1) is 20.3. The van der Waals surface area contributed by atoms with E-state index in [1.807, 2.05) is 30.6 Å². The fourth-order valence-electron chi connectivity index (χ4n) is 6.37. The summed E-state index contributed by atoms with van der Waals surface area (Å²) >= 11 is 0. The summed E-state index contributed by atoms with van der Waals surface area (Å²) in [6.07, 6.45) is 3.72. The van der Waals surface area contributed by atoms with Gasteiger partial charge in [-0.2, -0.15) is 5.26 Å². The second kappa shape index (κ2) is 9.19. The number of fused-ring (bicyclic) bond motifs is 5. The third kappa shape index (κ3) is 3.55. The third-order valence-corrected chi connectivity index (χ3v) is 8.10. The summed E-state index contributed by atoms with van der Waals surface area (Å²) in [4.78, 5) is 4.26. The molecular weight excluding hydrogens is 498 g/mol. The molecule has 0 radical (unpaired) electrons. The summed E-state index contributed by atoms with van der Waals surface area (Å²) in [5, 5.41) is 16.8. The molecule has 0 unspecified atom stereocenters. The second-order valence-electron chi connectivity index (χ2n) is 10.3. The van der Waals surface area contributed by atoms with Gasteiger partial charge in [-0.3, -0.25) is 4.98 Å². The van der Waals surface area contributed by atoms with Crippen LogP contribution in [0.25, 0.3) is 71.3 Å². The lowest BCUT2D eigenvalue weighted by atomic mass is 9.86. The highest BCUT2D eigenvalue weighted by Gasteiger charge is 2.19. The highest BCUT2D eigenvalue weighted by Crippen LogP contribution is 2.44. The molecule has 0 amide bonds. The van der Waals surface area contributed by atoms with E-state index in [1.54, 1.807) is 0 Å². The lowest BCUT2D eigenvalue weighted by Gasteiger charge is -2.17. The van der Waals surface area contributed by atoms with E-state index in [2.05, 4.69) is 125 Å². The van der Waals surface area contributed by atoms with Crippen LogP contribution in [0.3, 0.4) is 0 Å². The Balaban J connectivity index is 1.49. The van der Waals surface area contributed by atoms with Crippen molar-refractivity contribution in [1.82, 2.24) is 9.55 Å². The summed E-state index contributed by atoms with van der Waals surface area (Å²) in [6, 6.07) is 47.1. The molecule has 41 heavy (non-hydrogen) atoms. The number of para-hydroxylation sites is 1. The van der Waals surface area contributed by atoms with Crippen molar-refractivity contribution in [1.29, 1.82) is 5.26 Å². The predicted molar refractivity (Wildman–Crippen MR) is 169 cm³/mol. The molecule has 0 fully saturated rings. The largest absolute Gasteiger partial charge is 0.309 e. The Morgan fingerprint density at radius 2 is 1.02 bits per heavy atom. The predicted octanol–water partition coefficient (Wildman–Crippen LogP) is 9.69. The molecule has 3 nitrogen and oxygen atoms in total. The number of aromatic nitrogens is 2. The molecule has 8 aromatic rings. The lowest BCUT2D eigenvalue weighted by molar-refractivity contribution is 1.18. The Morgan fingerprint density at radius 3 is 1.63 bits per heavy atom. The van der Waals surface area contributed by atoms with E-state index in [0.29, 0.717) is 5.56 Å². The van der Waals surface area contributed by atoms with Crippen molar-refractivity contribution < 1.29 is 0 Å². The van der Waals surface area contributed by atoms with E-state index in [9.17, 15) is 5.26 Å². The lowest BCUT2D eigenvalue weighted by Crippen LogP contribution is -1.93. The molecule has 0 saturated carbocycles. The van der Waals surface area contributed by atoms with E-state index in [-0.39, 0.29) is 0 Å². The minimum absolute atomic E-state index is 0.660. The van der Waals surface area contributed by atoms with E-state index in [4.69, 9.17) is 0 Å². The number of nitrogens with zero attached hydrogens (tertiary/aromatic N) is 3. The second-order valence-corrected chi connectivity index (χ2v) is 10.3. The average Bonchev–Trinajstić information content (AvgIpc) is 3.37. The standard InChI is InChI=1S/C38H23N3/c39-24-25-14-16-35-33(22-25)34-23-27(15-17-36(34)41(35)28-8-2-1-3-9-28)38-31-12-6-4-10-29(31)37(26-18-20-40-21-19-26)30-11-5-7-13-32(30)38/h1-23H. The maximum absolute atomic E-state index is 9.72. The van der Waals surface area contributed by atoms with Gasteiger partial charge in [-0.05, 0) is 98.4 Å². The number of hydrogen-bond donors (Lipinski definition) is 0. The molecule has 6 aromatic carbocycles. The molecule has 0 bridgehead atoms. The molecular formula is C38H23N3. The van der Waals surface area contributed by atoms with Gasteiger partial charge >= 0.3 is 0 Å². The van der Waals surface area contributed by atoms with Gasteiger partial charge in [-0.1, -0.05) is 72.8 Å². The molecule has 0 atom stereocenters. The number of hydrogen-bond acceptors (Lipinski definition) is 2. The third-order valence-electron chi connectivity index (χ3n) is 8.10. The minimum Gasteiger partial charge on any atom is -0.309 e. The monoisotopic (exact) mass is 521 g/mol. The number of benzene rings is 6. The first kappa shape index (κ1) is 23.2. The van der Waals surface area contributed by atoms with Gasteiger partial charge in [0.05, 0.1) is 22.7 Å². The van der Waals surface area contributed by atoms with Gasteiger partial charge in [0.1, 0.15) is 0 Å². The fraction of sp³-hybridized carbons (Fsp3) is 0. The molecule has 0 aliphatic heterocycles. The molecule has 0 N–H and O–H groups in total. The van der Waals surface area contributed by atoms with Crippen LogP contribution in [-0.4, -0.2) is 9.55 Å². The van der Waals surface area contributed by atoms with Crippen LogP contribution in [0.1, 0.15) is 5.56 Å². The molecule has 0 aliphatic carbocycles. The van der Waals surface area contributed by atoms with Crippen molar-refractivity contribution >= 4 is 43.4 Å². The number of rotatable bonds is 3. The van der Waals surface area contributed by atoms with E-state index < -0.39 is 0 Å². The van der Waals surface area contributed by atoms with Gasteiger partial charge in [-0.25, -0.2) is 0 Å². The van der Waals surface area contributed by atoms with Crippen molar-refractivity contribution in [3.63, 3.8) is 0 Å². The minimum atomic E-state index is 0.660. The molecule has 2 heterocycles. The van der Waals surface area contributed by atoms with Gasteiger partial charge in [-0.15, -0.1) is 0 Å². The van der Waals surface area contributed by atoms with Crippen molar-refractivity contribution in [2.45, 2.75) is 0 Å². The smallest absolute Gasteiger partial charge is 0.0991 e. The number of nitriles is 1. The van der Waals surface area contributed by atoms with Gasteiger partial charge in [0.15, 0.2) is 0 Å². The van der Waals surface area contributed by atoms with Gasteiger partial charge in [0, 0.05) is 28.9 Å². The SMILES string of the molecule is N#Cc1ccc2c(c1)c1cc(-c3c4ccccc4c(-c4ccncc4)c4ccccc34)ccc1n2-c1ccccc1. The highest BCUT2D eigenvalue weighted by molar-refractivity contribution is 6.22. The van der Waals surface area contributed by atoms with Crippen molar-refractivity contribution in [3.05, 3.63) is 145 Å². The topological polar surface area (TPSA) is 41.6 Å². The summed E-state index contributed by atoms with van der Waals surface area (Å²) in [7, 11) is 0. The van der Waals surface area contributed by atoms with Crippen LogP contribution in [0.15, 0.2) is 140 Å². The van der Waals surface area contributed by atoms with Crippen LogP contribution in [0, 0.1) is 11.3 Å². The average molecular weight is 522 g/mol. The van der Waals surface area contributed by atoms with Crippen molar-refractivity contribution in [2.24, 2.45) is 0 Å². The summed E-state index contributed by atoms with van der Waals surface area (Å²) in [6.45, 7) is 0. The van der Waals surface area contributed by atoms with Crippen molar-refractivity contribution in [3.8, 4) is 34.0 Å². The van der Waals surface area contributed by atoms with Crippen LogP contribution < -0.4 is 0 Å². The Morgan fingerprint density at radius 1 is 0.488 bits per heavy atom. The first-order valence-corrected chi connectivity index (χ1v) is 13.7. The maximum Gasteiger partial charge on any atom is 0.0991 e. The van der Waals surface area contributed by atoms with Crippen LogP contribution >= 0.6 is 0 Å². The fourth-order valence-corrected chi connectivity index (χ4v) is 6.37. The van der Waals surface area contributed by atoms with Gasteiger partial charge in [0.2, 0.25) is 0 Å². The van der Waals surface area contributed by atoms with Crippen LogP contribution in [0.5, 0.6) is 0 Å². The van der Waals surface area contributed by atoms with Crippen LogP contribution in [0.2, 0.25) is 0 Å². The zero-order valence-corrected chi connectivity index (χ0v) is 22.1. The van der Waals surface area contributed by atoms with Gasteiger partial charge in [0.25, 0.3) is 0 Å². The summed E-state index contributed by atoms with van der Waals surface area (Å²) in [5.41, 5.74) is 8.72. The molecule has 3 heteroatoms. The molecule has 2 aromatic heterocycles. The molecule has 0 saturated heterocycles. The Kier molecular flexibility index (Phi) is 5.20. The Bertz CT molecular complexity index is 2250. The van der Waals surface area contributed by atoms with Crippen molar-refractivity contribution in [2.75, 3.05) is 0 Å². The van der Waals surface area contributed by atoms with Crippen LogP contribution in [0.4, 0.5) is 0 Å². The molecule has 0 spiro atoms. The van der Waals surface area contributed by atoms with E-state index >= 15 is 0 Å². The zero-order valence-electron chi connectivity index (χ0n) is 22.1. The highest BCUT2D eigenvalue weighted by atomic mass is 15.0. The molecule has 190 valence electrons. The number of pyridine rings is 1. The van der Waals surface area contributed by atoms with Crippen LogP contribution in [-0.2, 0) is 0 Å². The zero-order chi connectivity index (χ0) is 27.3.